The van der Waals surface area contributed by atoms with E-state index >= 15 is 0 Å². The normalized spacial score (nSPS) is 13.2. The summed E-state index contributed by atoms with van der Waals surface area (Å²) in [7, 11) is 0. The molecule has 0 saturated carbocycles. The van der Waals surface area contributed by atoms with Gasteiger partial charge in [-0.15, -0.1) is 0 Å². The smallest absolute Gasteiger partial charge is 0.227 e. The molecule has 2 heterocycles. The average molecular weight is 320 g/mol. The van der Waals surface area contributed by atoms with E-state index in [2.05, 4.69) is 21.4 Å². The van der Waals surface area contributed by atoms with Gasteiger partial charge < -0.3 is 15.2 Å². The van der Waals surface area contributed by atoms with Gasteiger partial charge in [-0.2, -0.15) is 0 Å². The van der Waals surface area contributed by atoms with E-state index in [4.69, 9.17) is 0 Å². The number of amides is 1. The van der Waals surface area contributed by atoms with Gasteiger partial charge in [0.1, 0.15) is 0 Å². The van der Waals surface area contributed by atoms with Crippen LogP contribution < -0.4 is 10.2 Å². The number of para-hydroxylation sites is 3. The summed E-state index contributed by atoms with van der Waals surface area (Å²) in [5.41, 5.74) is 4.31. The minimum Gasteiger partial charge on any atom is -0.356 e. The molecule has 0 aliphatic carbocycles. The van der Waals surface area contributed by atoms with Crippen LogP contribution in [0.25, 0.3) is 11.0 Å². The minimum atomic E-state index is 0.200. The molecule has 1 aliphatic heterocycles. The Morgan fingerprint density at radius 2 is 2.00 bits per heavy atom. The molecule has 2 aromatic carbocycles. The van der Waals surface area contributed by atoms with Gasteiger partial charge in [0.15, 0.2) is 0 Å². The lowest BCUT2D eigenvalue weighted by atomic mass is 10.2. The first-order valence-corrected chi connectivity index (χ1v) is 8.38. The summed E-state index contributed by atoms with van der Waals surface area (Å²) >= 11 is 0. The van der Waals surface area contributed by atoms with Crippen molar-refractivity contribution in [3.05, 3.63) is 54.1 Å². The average Bonchev–Trinajstić information content (AvgIpc) is 3.22. The van der Waals surface area contributed by atoms with Crippen molar-refractivity contribution in [2.45, 2.75) is 19.3 Å². The highest BCUT2D eigenvalue weighted by Gasteiger charge is 2.23. The highest BCUT2D eigenvalue weighted by molar-refractivity contribution is 5.95. The van der Waals surface area contributed by atoms with E-state index in [1.54, 1.807) is 0 Å². The van der Waals surface area contributed by atoms with Gasteiger partial charge in [-0.3, -0.25) is 4.79 Å². The first-order valence-electron chi connectivity index (χ1n) is 8.38. The van der Waals surface area contributed by atoms with Crippen LogP contribution in [-0.4, -0.2) is 29.0 Å². The number of rotatable bonds is 5. The number of carbonyl (C=O) groups excluding carboxylic acids is 1. The number of benzene rings is 2. The van der Waals surface area contributed by atoms with Gasteiger partial charge in [0.25, 0.3) is 0 Å². The van der Waals surface area contributed by atoms with Gasteiger partial charge in [-0.25, -0.2) is 4.98 Å². The summed E-state index contributed by atoms with van der Waals surface area (Å²) in [6.45, 7) is 1.52. The van der Waals surface area contributed by atoms with Crippen molar-refractivity contribution in [3.8, 4) is 0 Å². The van der Waals surface area contributed by atoms with Crippen LogP contribution in [0.15, 0.2) is 48.5 Å². The van der Waals surface area contributed by atoms with Gasteiger partial charge in [0.2, 0.25) is 11.9 Å². The van der Waals surface area contributed by atoms with Gasteiger partial charge in [0.05, 0.1) is 11.0 Å². The van der Waals surface area contributed by atoms with Crippen LogP contribution in [0, 0.1) is 0 Å². The number of hydrogen-bond acceptors (Lipinski definition) is 3. The number of nitrogens with zero attached hydrogens (tertiary/aromatic N) is 2. The second-order valence-electron chi connectivity index (χ2n) is 6.06. The lowest BCUT2D eigenvalue weighted by Crippen LogP contribution is -2.29. The van der Waals surface area contributed by atoms with Crippen molar-refractivity contribution in [1.82, 2.24) is 9.97 Å². The topological polar surface area (TPSA) is 61.0 Å². The fourth-order valence-electron chi connectivity index (χ4n) is 3.22. The molecular weight excluding hydrogens is 300 g/mol. The Hall–Kier alpha value is -2.82. The Morgan fingerprint density at radius 3 is 2.92 bits per heavy atom. The molecule has 5 heteroatoms. The molecule has 1 aromatic heterocycles. The molecule has 0 unspecified atom stereocenters. The second-order valence-corrected chi connectivity index (χ2v) is 6.06. The Morgan fingerprint density at radius 1 is 1.17 bits per heavy atom. The molecule has 0 spiro atoms. The van der Waals surface area contributed by atoms with Crippen molar-refractivity contribution in [2.75, 3.05) is 23.3 Å². The number of fused-ring (bicyclic) bond motifs is 2. The molecule has 4 rings (SSSR count). The third-order valence-electron chi connectivity index (χ3n) is 4.44. The van der Waals surface area contributed by atoms with Crippen LogP contribution in [-0.2, 0) is 11.2 Å². The summed E-state index contributed by atoms with van der Waals surface area (Å²) in [5, 5.41) is 3.26. The lowest BCUT2D eigenvalue weighted by molar-refractivity contribution is -0.118. The summed E-state index contributed by atoms with van der Waals surface area (Å²) in [5.74, 6) is 0.960. The fraction of sp³-hybridized carbons (Fsp3) is 0.263. The van der Waals surface area contributed by atoms with Crippen LogP contribution in [0.2, 0.25) is 0 Å². The summed E-state index contributed by atoms with van der Waals surface area (Å²) in [6.07, 6.45) is 2.29. The number of H-pyrrole nitrogens is 1. The number of carbonyl (C=O) groups is 1. The van der Waals surface area contributed by atoms with E-state index in [-0.39, 0.29) is 5.91 Å². The van der Waals surface area contributed by atoms with Crippen LogP contribution in [0.3, 0.4) is 0 Å². The number of aromatic nitrogens is 2. The summed E-state index contributed by atoms with van der Waals surface area (Å²) in [6, 6.07) is 16.1. The molecule has 0 bridgehead atoms. The van der Waals surface area contributed by atoms with Gasteiger partial charge in [0, 0.05) is 25.2 Å². The molecule has 1 aliphatic rings. The number of nitrogens with one attached hydrogen (secondary N) is 2. The van der Waals surface area contributed by atoms with Crippen LogP contribution in [0.5, 0.6) is 0 Å². The molecule has 3 aromatic rings. The molecule has 5 nitrogen and oxygen atoms in total. The Bertz CT molecular complexity index is 837. The summed E-state index contributed by atoms with van der Waals surface area (Å²) < 4.78 is 0. The van der Waals surface area contributed by atoms with Gasteiger partial charge in [-0.1, -0.05) is 30.3 Å². The zero-order valence-corrected chi connectivity index (χ0v) is 13.5. The molecule has 0 saturated heterocycles. The quantitative estimate of drug-likeness (QED) is 0.709. The fourth-order valence-corrected chi connectivity index (χ4v) is 3.22. The predicted octanol–water partition coefficient (Wildman–Crippen LogP) is 3.34. The van der Waals surface area contributed by atoms with Gasteiger partial charge >= 0.3 is 0 Å². The first kappa shape index (κ1) is 14.8. The molecule has 0 fully saturated rings. The second kappa shape index (κ2) is 6.35. The molecule has 24 heavy (non-hydrogen) atoms. The minimum absolute atomic E-state index is 0.200. The molecular formula is C19H20N4O. The number of imidazole rings is 1. The monoisotopic (exact) mass is 320 g/mol. The zero-order valence-electron chi connectivity index (χ0n) is 13.5. The number of hydrogen-bond donors (Lipinski definition) is 2. The van der Waals surface area contributed by atoms with E-state index in [1.807, 2.05) is 47.4 Å². The van der Waals surface area contributed by atoms with Crippen molar-refractivity contribution in [1.29, 1.82) is 0 Å². The standard InChI is InChI=1S/C19H20N4O/c24-18(23-13-11-14-6-1-4-9-17(14)23)10-5-12-20-19-21-15-7-2-3-8-16(15)22-19/h1-4,6-9H,5,10-13H2,(H2,20,21,22). The van der Waals surface area contributed by atoms with Crippen molar-refractivity contribution in [3.63, 3.8) is 0 Å². The van der Waals surface area contributed by atoms with Crippen molar-refractivity contribution < 1.29 is 4.79 Å². The van der Waals surface area contributed by atoms with E-state index < -0.39 is 0 Å². The predicted molar refractivity (Wildman–Crippen MR) is 96.3 cm³/mol. The third-order valence-corrected chi connectivity index (χ3v) is 4.44. The van der Waals surface area contributed by atoms with Crippen molar-refractivity contribution in [2.24, 2.45) is 0 Å². The molecule has 122 valence electrons. The molecule has 0 radical (unpaired) electrons. The molecule has 1 amide bonds. The van der Waals surface area contributed by atoms with Gasteiger partial charge in [-0.05, 0) is 36.6 Å². The number of anilines is 2. The largest absolute Gasteiger partial charge is 0.356 e. The molecule has 2 N–H and O–H groups in total. The summed E-state index contributed by atoms with van der Waals surface area (Å²) in [4.78, 5) is 22.1. The van der Waals surface area contributed by atoms with Crippen molar-refractivity contribution >= 4 is 28.6 Å². The SMILES string of the molecule is O=C(CCCNc1nc2ccccc2[nH]1)N1CCc2ccccc21. The first-order chi connectivity index (χ1) is 11.8. The number of aromatic amines is 1. The lowest BCUT2D eigenvalue weighted by Gasteiger charge is -2.17. The highest BCUT2D eigenvalue weighted by Crippen LogP contribution is 2.28. The van der Waals surface area contributed by atoms with Crippen LogP contribution >= 0.6 is 0 Å². The maximum atomic E-state index is 12.4. The van der Waals surface area contributed by atoms with Crippen LogP contribution in [0.1, 0.15) is 18.4 Å². The molecule has 0 atom stereocenters. The Kier molecular flexibility index (Phi) is 3.91. The maximum Gasteiger partial charge on any atom is 0.227 e. The van der Waals surface area contributed by atoms with E-state index in [0.29, 0.717) is 6.42 Å². The van der Waals surface area contributed by atoms with Crippen LogP contribution in [0.4, 0.5) is 11.6 Å². The zero-order chi connectivity index (χ0) is 16.4. The van der Waals surface area contributed by atoms with E-state index in [9.17, 15) is 4.79 Å². The Labute approximate surface area is 140 Å². The van der Waals surface area contributed by atoms with E-state index in [1.165, 1.54) is 5.56 Å². The van der Waals surface area contributed by atoms with E-state index in [0.717, 1.165) is 48.6 Å². The third kappa shape index (κ3) is 2.85. The maximum absolute atomic E-state index is 12.4. The Balaban J connectivity index is 1.29. The highest BCUT2D eigenvalue weighted by atomic mass is 16.2.